The van der Waals surface area contributed by atoms with E-state index in [9.17, 15) is 4.79 Å². The first-order valence-electron chi connectivity index (χ1n) is 8.59. The van der Waals surface area contributed by atoms with Crippen molar-refractivity contribution in [3.8, 4) is 5.75 Å². The first kappa shape index (κ1) is 17.6. The molecular formula is C20H28O3. The van der Waals surface area contributed by atoms with Gasteiger partial charge in [-0.1, -0.05) is 19.4 Å². The topological polar surface area (TPSA) is 35.5 Å². The van der Waals surface area contributed by atoms with Crippen LogP contribution in [0.15, 0.2) is 18.2 Å². The third kappa shape index (κ3) is 5.12. The molecule has 0 unspecified atom stereocenters. The molecule has 0 aromatic heterocycles. The number of ether oxygens (including phenoxy) is 2. The van der Waals surface area contributed by atoms with Gasteiger partial charge in [0.25, 0.3) is 0 Å². The number of carbonyl (C=O) groups is 1. The molecule has 1 aromatic rings. The number of hydrogen-bond donors (Lipinski definition) is 0. The van der Waals surface area contributed by atoms with Gasteiger partial charge in [-0.25, -0.2) is 4.79 Å². The molecule has 0 radical (unpaired) electrons. The molecule has 1 aromatic carbocycles. The lowest BCUT2D eigenvalue weighted by atomic mass is 9.92. The zero-order valence-electron chi connectivity index (χ0n) is 14.8. The second kappa shape index (κ2) is 7.67. The fraction of sp³-hybridized carbons (Fsp3) is 0.550. The van der Waals surface area contributed by atoms with Crippen molar-refractivity contribution in [1.29, 1.82) is 0 Å². The lowest BCUT2D eigenvalue weighted by molar-refractivity contribution is -0.148. The minimum absolute atomic E-state index is 0.298. The van der Waals surface area contributed by atoms with E-state index in [4.69, 9.17) is 9.47 Å². The van der Waals surface area contributed by atoms with Crippen molar-refractivity contribution in [3.05, 3.63) is 34.9 Å². The van der Waals surface area contributed by atoms with Crippen LogP contribution in [0.1, 0.15) is 63.6 Å². The highest BCUT2D eigenvalue weighted by atomic mass is 16.6. The van der Waals surface area contributed by atoms with E-state index in [2.05, 4.69) is 19.1 Å². The average molecular weight is 316 g/mol. The van der Waals surface area contributed by atoms with Gasteiger partial charge in [0.1, 0.15) is 11.4 Å². The molecule has 0 saturated carbocycles. The maximum Gasteiger partial charge on any atom is 0.331 e. The van der Waals surface area contributed by atoms with E-state index >= 15 is 0 Å². The molecule has 0 saturated heterocycles. The van der Waals surface area contributed by atoms with Crippen LogP contribution in [0.5, 0.6) is 5.75 Å². The molecule has 0 amide bonds. The van der Waals surface area contributed by atoms with Gasteiger partial charge >= 0.3 is 5.97 Å². The van der Waals surface area contributed by atoms with E-state index < -0.39 is 5.60 Å². The van der Waals surface area contributed by atoms with Crippen LogP contribution < -0.4 is 4.74 Å². The Morgan fingerprint density at radius 3 is 2.83 bits per heavy atom. The van der Waals surface area contributed by atoms with Crippen LogP contribution >= 0.6 is 0 Å². The van der Waals surface area contributed by atoms with E-state index in [0.29, 0.717) is 0 Å². The third-order valence-corrected chi connectivity index (χ3v) is 3.83. The monoisotopic (exact) mass is 316 g/mol. The van der Waals surface area contributed by atoms with Gasteiger partial charge in [-0.2, -0.15) is 0 Å². The summed E-state index contributed by atoms with van der Waals surface area (Å²) in [4.78, 5) is 12.0. The number of carbonyl (C=O) groups excluding carboxylic acids is 1. The maximum absolute atomic E-state index is 12.0. The Balaban J connectivity index is 2.28. The van der Waals surface area contributed by atoms with Gasteiger partial charge in [0.2, 0.25) is 0 Å². The Morgan fingerprint density at radius 1 is 1.35 bits per heavy atom. The lowest BCUT2D eigenvalue weighted by Gasteiger charge is -2.22. The van der Waals surface area contributed by atoms with Crippen molar-refractivity contribution < 1.29 is 14.3 Å². The molecule has 1 heterocycles. The predicted molar refractivity (Wildman–Crippen MR) is 93.7 cm³/mol. The van der Waals surface area contributed by atoms with Crippen LogP contribution in [0.25, 0.3) is 6.08 Å². The minimum atomic E-state index is -0.467. The molecule has 3 heteroatoms. The van der Waals surface area contributed by atoms with Crippen LogP contribution in [0.4, 0.5) is 0 Å². The van der Waals surface area contributed by atoms with Crippen molar-refractivity contribution in [1.82, 2.24) is 0 Å². The summed E-state index contributed by atoms with van der Waals surface area (Å²) in [5, 5.41) is 0. The molecule has 126 valence electrons. The van der Waals surface area contributed by atoms with Crippen LogP contribution in [0.2, 0.25) is 0 Å². The molecule has 0 bridgehead atoms. The van der Waals surface area contributed by atoms with Gasteiger partial charge in [0, 0.05) is 11.6 Å². The van der Waals surface area contributed by atoms with Gasteiger partial charge < -0.3 is 9.47 Å². The predicted octanol–water partition coefficient (Wildman–Crippen LogP) is 4.71. The number of rotatable bonds is 5. The number of hydrogen-bond acceptors (Lipinski definition) is 3. The van der Waals surface area contributed by atoms with Gasteiger partial charge in [-0.15, -0.1) is 0 Å². The normalized spacial score (nSPS) is 14.4. The van der Waals surface area contributed by atoms with E-state index in [0.717, 1.165) is 50.0 Å². The van der Waals surface area contributed by atoms with Crippen LogP contribution in [0, 0.1) is 0 Å². The Kier molecular flexibility index (Phi) is 5.86. The Bertz CT molecular complexity index is 579. The van der Waals surface area contributed by atoms with E-state index in [1.54, 1.807) is 6.08 Å². The molecular weight excluding hydrogens is 288 g/mol. The largest absolute Gasteiger partial charge is 0.493 e. The number of esters is 1. The highest BCUT2D eigenvalue weighted by molar-refractivity contribution is 5.88. The first-order valence-corrected chi connectivity index (χ1v) is 8.59. The fourth-order valence-electron chi connectivity index (χ4n) is 2.80. The fourth-order valence-corrected chi connectivity index (χ4v) is 2.80. The van der Waals surface area contributed by atoms with Gasteiger partial charge in [0.15, 0.2) is 0 Å². The van der Waals surface area contributed by atoms with Gasteiger partial charge in [-0.05, 0) is 69.7 Å². The maximum atomic E-state index is 12.0. The third-order valence-electron chi connectivity index (χ3n) is 3.83. The molecule has 23 heavy (non-hydrogen) atoms. The summed E-state index contributed by atoms with van der Waals surface area (Å²) in [6.07, 6.45) is 8.81. The van der Waals surface area contributed by atoms with Gasteiger partial charge in [0.05, 0.1) is 6.61 Å². The van der Waals surface area contributed by atoms with Gasteiger partial charge in [-0.3, -0.25) is 0 Å². The summed E-state index contributed by atoms with van der Waals surface area (Å²) in [5.41, 5.74) is 3.19. The highest BCUT2D eigenvalue weighted by Crippen LogP contribution is 2.32. The van der Waals surface area contributed by atoms with Crippen LogP contribution in [-0.4, -0.2) is 18.2 Å². The quantitative estimate of drug-likeness (QED) is 0.583. The molecule has 0 fully saturated rings. The summed E-state index contributed by atoms with van der Waals surface area (Å²) in [6, 6.07) is 4.21. The Morgan fingerprint density at radius 2 is 2.13 bits per heavy atom. The summed E-state index contributed by atoms with van der Waals surface area (Å²) in [6.45, 7) is 8.60. The highest BCUT2D eigenvalue weighted by Gasteiger charge is 2.17. The number of fused-ring (bicyclic) bond motifs is 1. The molecule has 1 aliphatic rings. The smallest absolute Gasteiger partial charge is 0.331 e. The van der Waals surface area contributed by atoms with Crippen molar-refractivity contribution in [3.63, 3.8) is 0 Å². The Hall–Kier alpha value is -1.77. The van der Waals surface area contributed by atoms with Crippen molar-refractivity contribution in [2.75, 3.05) is 6.61 Å². The van der Waals surface area contributed by atoms with Crippen LogP contribution in [0.3, 0.4) is 0 Å². The van der Waals surface area contributed by atoms with E-state index in [1.807, 2.05) is 26.8 Å². The summed E-state index contributed by atoms with van der Waals surface area (Å²) < 4.78 is 11.1. The molecule has 0 spiro atoms. The number of unbranched alkanes of at least 4 members (excludes halogenated alkanes) is 1. The second-order valence-electron chi connectivity index (χ2n) is 7.04. The Labute approximate surface area is 139 Å². The minimum Gasteiger partial charge on any atom is -0.493 e. The van der Waals surface area contributed by atoms with Crippen molar-refractivity contribution in [2.24, 2.45) is 0 Å². The summed E-state index contributed by atoms with van der Waals surface area (Å²) >= 11 is 0. The SMILES string of the molecule is CCCCc1ccc2c(c1/C=C/C(=O)OC(C)(C)C)CCCO2. The standard InChI is InChI=1S/C20H28O3/c1-5-6-8-15-10-12-18-17(9-7-14-22-18)16(15)11-13-19(21)23-20(2,3)4/h10-13H,5-9,14H2,1-4H3/b13-11+. The molecule has 3 nitrogen and oxygen atoms in total. The summed E-state index contributed by atoms with van der Waals surface area (Å²) in [7, 11) is 0. The van der Waals surface area contributed by atoms with E-state index in [1.165, 1.54) is 11.1 Å². The van der Waals surface area contributed by atoms with Crippen molar-refractivity contribution in [2.45, 2.75) is 65.4 Å². The molecule has 0 atom stereocenters. The molecule has 0 aliphatic carbocycles. The average Bonchev–Trinajstić information content (AvgIpc) is 2.49. The van der Waals surface area contributed by atoms with E-state index in [-0.39, 0.29) is 5.97 Å². The zero-order valence-corrected chi connectivity index (χ0v) is 14.8. The first-order chi connectivity index (χ1) is 10.9. The number of aryl methyl sites for hydroxylation is 1. The zero-order chi connectivity index (χ0) is 16.9. The molecule has 1 aliphatic heterocycles. The summed E-state index contributed by atoms with van der Waals surface area (Å²) in [5.74, 6) is 0.661. The lowest BCUT2D eigenvalue weighted by Crippen LogP contribution is -2.22. The molecule has 2 rings (SSSR count). The second-order valence-corrected chi connectivity index (χ2v) is 7.04. The number of benzene rings is 1. The van der Waals surface area contributed by atoms with Crippen molar-refractivity contribution >= 4 is 12.0 Å². The molecule has 0 N–H and O–H groups in total. The van der Waals surface area contributed by atoms with Crippen LogP contribution in [-0.2, 0) is 22.4 Å².